The Balaban J connectivity index is 0.00000256. The molecule has 0 aliphatic heterocycles. The maximum atomic E-state index is 12.0. The van der Waals surface area contributed by atoms with Gasteiger partial charge in [0.15, 0.2) is 0 Å². The number of amides is 1. The summed E-state index contributed by atoms with van der Waals surface area (Å²) in [5.41, 5.74) is 6.74. The fourth-order valence-electron chi connectivity index (χ4n) is 1.45. The first-order valence-electron chi connectivity index (χ1n) is 5.69. The van der Waals surface area contributed by atoms with Crippen molar-refractivity contribution in [1.82, 2.24) is 5.32 Å². The van der Waals surface area contributed by atoms with Crippen LogP contribution in [0.15, 0.2) is 24.3 Å². The third-order valence-corrected chi connectivity index (χ3v) is 3.12. The second kappa shape index (κ2) is 6.50. The number of carbonyl (C=O) groups excluding carboxylic acids is 1. The maximum Gasteiger partial charge on any atom is 0.251 e. The molecule has 0 aliphatic rings. The number of rotatable bonds is 4. The average Bonchev–Trinajstić information content (AvgIpc) is 2.29. The van der Waals surface area contributed by atoms with E-state index in [1.807, 2.05) is 0 Å². The molecule has 1 rings (SSSR count). The fraction of sp³-hybridized carbons (Fsp3) is 0.462. The van der Waals surface area contributed by atoms with Gasteiger partial charge in [0.2, 0.25) is 0 Å². The van der Waals surface area contributed by atoms with E-state index in [0.717, 1.165) is 12.8 Å². The topological polar surface area (TPSA) is 55.1 Å². The van der Waals surface area contributed by atoms with Crippen LogP contribution in [0.3, 0.4) is 0 Å². The molecule has 0 saturated heterocycles. The van der Waals surface area contributed by atoms with Gasteiger partial charge in [0, 0.05) is 16.8 Å². The van der Waals surface area contributed by atoms with Crippen molar-refractivity contribution in [2.75, 3.05) is 5.73 Å². The number of benzene rings is 1. The van der Waals surface area contributed by atoms with E-state index in [2.05, 4.69) is 26.1 Å². The van der Waals surface area contributed by atoms with Crippen molar-refractivity contribution in [3.63, 3.8) is 0 Å². The molecule has 0 saturated carbocycles. The van der Waals surface area contributed by atoms with Crippen LogP contribution < -0.4 is 11.1 Å². The van der Waals surface area contributed by atoms with Gasteiger partial charge in [-0.15, -0.1) is 12.4 Å². The smallest absolute Gasteiger partial charge is 0.251 e. The Bertz CT molecular complexity index is 375. The first-order valence-corrected chi connectivity index (χ1v) is 5.69. The summed E-state index contributed by atoms with van der Waals surface area (Å²) in [4.78, 5) is 12.0. The molecule has 1 amide bonds. The van der Waals surface area contributed by atoms with Crippen LogP contribution in [-0.4, -0.2) is 11.4 Å². The molecule has 3 N–H and O–H groups in total. The molecule has 17 heavy (non-hydrogen) atoms. The maximum absolute atomic E-state index is 12.0. The minimum absolute atomic E-state index is 0. The summed E-state index contributed by atoms with van der Waals surface area (Å²) >= 11 is 0. The summed E-state index contributed by atoms with van der Waals surface area (Å²) in [5.74, 6) is -0.0569. The van der Waals surface area contributed by atoms with Crippen molar-refractivity contribution in [3.05, 3.63) is 29.8 Å². The van der Waals surface area contributed by atoms with E-state index in [1.165, 1.54) is 0 Å². The van der Waals surface area contributed by atoms with E-state index in [9.17, 15) is 4.79 Å². The van der Waals surface area contributed by atoms with Crippen molar-refractivity contribution in [2.24, 2.45) is 0 Å². The van der Waals surface area contributed by atoms with Crippen LogP contribution in [0.4, 0.5) is 5.69 Å². The van der Waals surface area contributed by atoms with Crippen LogP contribution in [0.1, 0.15) is 44.0 Å². The molecule has 0 heterocycles. The summed E-state index contributed by atoms with van der Waals surface area (Å²) in [7, 11) is 0. The summed E-state index contributed by atoms with van der Waals surface area (Å²) in [6, 6.07) is 7.04. The van der Waals surface area contributed by atoms with Gasteiger partial charge in [-0.3, -0.25) is 4.79 Å². The standard InChI is InChI=1S/C13H20N2O.ClH/c1-4-13(3,5-2)15-12(16)10-7-6-8-11(14)9-10;/h6-9H,4-5,14H2,1-3H3,(H,15,16);1H. The normalized spacial score (nSPS) is 10.5. The van der Waals surface area contributed by atoms with Crippen LogP contribution in [0.5, 0.6) is 0 Å². The number of carbonyl (C=O) groups is 1. The quantitative estimate of drug-likeness (QED) is 0.814. The lowest BCUT2D eigenvalue weighted by molar-refractivity contribution is 0.0901. The van der Waals surface area contributed by atoms with Gasteiger partial charge in [0.1, 0.15) is 0 Å². The van der Waals surface area contributed by atoms with Gasteiger partial charge in [0.05, 0.1) is 0 Å². The number of nitrogen functional groups attached to an aromatic ring is 1. The zero-order valence-electron chi connectivity index (χ0n) is 10.6. The average molecular weight is 257 g/mol. The first kappa shape index (κ1) is 15.8. The second-order valence-corrected chi connectivity index (χ2v) is 4.35. The van der Waals surface area contributed by atoms with Crippen LogP contribution >= 0.6 is 12.4 Å². The highest BCUT2D eigenvalue weighted by atomic mass is 35.5. The van der Waals surface area contributed by atoms with Gasteiger partial charge in [-0.2, -0.15) is 0 Å². The number of halogens is 1. The third kappa shape index (κ3) is 4.27. The fourth-order valence-corrected chi connectivity index (χ4v) is 1.45. The second-order valence-electron chi connectivity index (χ2n) is 4.35. The van der Waals surface area contributed by atoms with E-state index in [-0.39, 0.29) is 23.9 Å². The molecule has 0 fully saturated rings. The molecule has 0 aromatic heterocycles. The van der Waals surface area contributed by atoms with Crippen molar-refractivity contribution >= 4 is 24.0 Å². The third-order valence-electron chi connectivity index (χ3n) is 3.12. The van der Waals surface area contributed by atoms with Gasteiger partial charge >= 0.3 is 0 Å². The lowest BCUT2D eigenvalue weighted by Gasteiger charge is -2.28. The Hall–Kier alpha value is -1.22. The summed E-state index contributed by atoms with van der Waals surface area (Å²) in [5, 5.41) is 3.04. The highest BCUT2D eigenvalue weighted by Gasteiger charge is 2.22. The zero-order valence-corrected chi connectivity index (χ0v) is 11.4. The van der Waals surface area contributed by atoms with Crippen LogP contribution in [0.2, 0.25) is 0 Å². The van der Waals surface area contributed by atoms with E-state index < -0.39 is 0 Å². The minimum Gasteiger partial charge on any atom is -0.399 e. The molecule has 1 aromatic rings. The Morgan fingerprint density at radius 2 is 1.94 bits per heavy atom. The Kier molecular flexibility index (Phi) is 6.03. The van der Waals surface area contributed by atoms with E-state index in [0.29, 0.717) is 11.3 Å². The molecule has 0 aliphatic carbocycles. The van der Waals surface area contributed by atoms with Crippen molar-refractivity contribution in [1.29, 1.82) is 0 Å². The van der Waals surface area contributed by atoms with Crippen LogP contribution in [0.25, 0.3) is 0 Å². The number of hydrogen-bond acceptors (Lipinski definition) is 2. The predicted octanol–water partition coefficient (Wildman–Crippen LogP) is 3.00. The lowest BCUT2D eigenvalue weighted by atomic mass is 9.95. The van der Waals surface area contributed by atoms with Crippen molar-refractivity contribution in [2.45, 2.75) is 39.2 Å². The predicted molar refractivity (Wildman–Crippen MR) is 74.6 cm³/mol. The molecule has 0 atom stereocenters. The van der Waals surface area contributed by atoms with Crippen LogP contribution in [0, 0.1) is 0 Å². The van der Waals surface area contributed by atoms with Gasteiger partial charge in [-0.05, 0) is 38.0 Å². The summed E-state index contributed by atoms with van der Waals surface area (Å²) < 4.78 is 0. The molecule has 0 unspecified atom stereocenters. The van der Waals surface area contributed by atoms with Gasteiger partial charge < -0.3 is 11.1 Å². The Morgan fingerprint density at radius 1 is 1.35 bits per heavy atom. The SMILES string of the molecule is CCC(C)(CC)NC(=O)c1cccc(N)c1.Cl. The van der Waals surface area contributed by atoms with Crippen LogP contribution in [-0.2, 0) is 0 Å². The van der Waals surface area contributed by atoms with Crippen molar-refractivity contribution < 1.29 is 4.79 Å². The highest BCUT2D eigenvalue weighted by Crippen LogP contribution is 2.15. The van der Waals surface area contributed by atoms with Gasteiger partial charge in [0.25, 0.3) is 5.91 Å². The number of nitrogens with one attached hydrogen (secondary N) is 1. The lowest BCUT2D eigenvalue weighted by Crippen LogP contribution is -2.44. The molecule has 0 spiro atoms. The van der Waals surface area contributed by atoms with E-state index in [1.54, 1.807) is 24.3 Å². The summed E-state index contributed by atoms with van der Waals surface area (Å²) in [6.07, 6.45) is 1.83. The molecule has 4 heteroatoms. The number of anilines is 1. The summed E-state index contributed by atoms with van der Waals surface area (Å²) in [6.45, 7) is 6.20. The van der Waals surface area contributed by atoms with Gasteiger partial charge in [-0.25, -0.2) is 0 Å². The zero-order chi connectivity index (χ0) is 12.2. The molecular weight excluding hydrogens is 236 g/mol. The van der Waals surface area contributed by atoms with E-state index in [4.69, 9.17) is 5.73 Å². The monoisotopic (exact) mass is 256 g/mol. The van der Waals surface area contributed by atoms with E-state index >= 15 is 0 Å². The molecule has 0 bridgehead atoms. The molecule has 1 aromatic carbocycles. The van der Waals surface area contributed by atoms with Crippen molar-refractivity contribution in [3.8, 4) is 0 Å². The number of hydrogen-bond donors (Lipinski definition) is 2. The largest absolute Gasteiger partial charge is 0.399 e. The Labute approximate surface area is 109 Å². The molecular formula is C13H21ClN2O. The molecule has 0 radical (unpaired) electrons. The highest BCUT2D eigenvalue weighted by molar-refractivity contribution is 5.95. The first-order chi connectivity index (χ1) is 7.50. The van der Waals surface area contributed by atoms with Gasteiger partial charge in [-0.1, -0.05) is 19.9 Å². The molecule has 96 valence electrons. The minimum atomic E-state index is -0.137. The molecule has 3 nitrogen and oxygen atoms in total. The number of nitrogens with two attached hydrogens (primary N) is 1. The Morgan fingerprint density at radius 3 is 2.41 bits per heavy atom.